The molecule has 128 valence electrons. The second-order valence-electron chi connectivity index (χ2n) is 6.75. The van der Waals surface area contributed by atoms with Crippen molar-refractivity contribution in [3.05, 3.63) is 99.3 Å². The monoisotopic (exact) mass is 357 g/mol. The van der Waals surface area contributed by atoms with Crippen molar-refractivity contribution in [3.8, 4) is 6.07 Å². The molecule has 0 saturated heterocycles. The molecule has 1 aliphatic heterocycles. The molecule has 0 radical (unpaired) electrons. The average Bonchev–Trinajstić information content (AvgIpc) is 3.30. The number of nitriles is 1. The minimum Gasteiger partial charge on any atom is -0.479 e. The van der Waals surface area contributed by atoms with Gasteiger partial charge in [0.05, 0.1) is 17.6 Å². The topological polar surface area (TPSA) is 33.0 Å². The van der Waals surface area contributed by atoms with Gasteiger partial charge in [0, 0.05) is 10.4 Å². The van der Waals surface area contributed by atoms with Crippen LogP contribution in [0.25, 0.3) is 5.76 Å². The maximum atomic E-state index is 10.0. The van der Waals surface area contributed by atoms with Crippen LogP contribution in [0.5, 0.6) is 0 Å². The smallest absolute Gasteiger partial charge is 0.152 e. The van der Waals surface area contributed by atoms with Gasteiger partial charge in [-0.05, 0) is 30.9 Å². The van der Waals surface area contributed by atoms with E-state index in [0.29, 0.717) is 11.3 Å². The Morgan fingerprint density at radius 2 is 1.73 bits per heavy atom. The molecule has 2 heterocycles. The van der Waals surface area contributed by atoms with Gasteiger partial charge in [-0.1, -0.05) is 66.2 Å². The van der Waals surface area contributed by atoms with Crippen LogP contribution in [0.4, 0.5) is 0 Å². The Bertz CT molecular complexity index is 981. The first-order valence-corrected chi connectivity index (χ1v) is 9.50. The molecular weight excluding hydrogens is 338 g/mol. The summed E-state index contributed by atoms with van der Waals surface area (Å²) < 4.78 is 6.56. The number of ether oxygens (including phenoxy) is 1. The minimum absolute atomic E-state index is 0.136. The van der Waals surface area contributed by atoms with E-state index in [4.69, 9.17) is 4.74 Å². The van der Waals surface area contributed by atoms with E-state index in [9.17, 15) is 5.26 Å². The number of hydrogen-bond donors (Lipinski definition) is 0. The van der Waals surface area contributed by atoms with Crippen LogP contribution >= 0.6 is 11.3 Å². The summed E-state index contributed by atoms with van der Waals surface area (Å²) in [6.07, 6.45) is 0. The number of aryl methyl sites for hydroxylation is 1. The maximum Gasteiger partial charge on any atom is 0.152 e. The molecule has 1 aromatic heterocycles. The van der Waals surface area contributed by atoms with Gasteiger partial charge >= 0.3 is 0 Å². The standard InChI is InChI=1S/C23H19NOS/c1-16-10-12-18(13-11-16)22-19(15-24)21(17-7-4-3-5-8-17)23(2,25-22)20-9-6-14-26-20/h3-14,21H,1-2H3. The average molecular weight is 357 g/mol. The first kappa shape index (κ1) is 16.6. The van der Waals surface area contributed by atoms with Crippen molar-refractivity contribution < 1.29 is 4.74 Å². The van der Waals surface area contributed by atoms with Crippen LogP contribution in [-0.2, 0) is 10.3 Å². The summed E-state index contributed by atoms with van der Waals surface area (Å²) in [5, 5.41) is 12.1. The zero-order valence-electron chi connectivity index (χ0n) is 14.8. The largest absolute Gasteiger partial charge is 0.479 e. The van der Waals surface area contributed by atoms with Gasteiger partial charge in [0.25, 0.3) is 0 Å². The summed E-state index contributed by atoms with van der Waals surface area (Å²) in [6.45, 7) is 4.15. The van der Waals surface area contributed by atoms with Gasteiger partial charge in [0.15, 0.2) is 5.60 Å². The highest BCUT2D eigenvalue weighted by molar-refractivity contribution is 7.10. The summed E-state index contributed by atoms with van der Waals surface area (Å²) >= 11 is 1.67. The van der Waals surface area contributed by atoms with E-state index < -0.39 is 5.60 Å². The molecule has 0 bridgehead atoms. The summed E-state index contributed by atoms with van der Waals surface area (Å²) in [7, 11) is 0. The molecule has 0 fully saturated rings. The van der Waals surface area contributed by atoms with Crippen molar-refractivity contribution in [1.82, 2.24) is 0 Å². The second-order valence-corrected chi connectivity index (χ2v) is 7.70. The lowest BCUT2D eigenvalue weighted by Crippen LogP contribution is -2.28. The highest BCUT2D eigenvalue weighted by atomic mass is 32.1. The van der Waals surface area contributed by atoms with Gasteiger partial charge in [0.1, 0.15) is 5.76 Å². The normalized spacial score (nSPS) is 22.1. The summed E-state index contributed by atoms with van der Waals surface area (Å²) in [6, 6.07) is 24.9. The molecule has 26 heavy (non-hydrogen) atoms. The highest BCUT2D eigenvalue weighted by Crippen LogP contribution is 2.55. The zero-order chi connectivity index (χ0) is 18.1. The molecule has 3 heteroatoms. The first-order chi connectivity index (χ1) is 12.6. The van der Waals surface area contributed by atoms with Gasteiger partial charge in [-0.3, -0.25) is 0 Å². The summed E-state index contributed by atoms with van der Waals surface area (Å²) in [5.74, 6) is 0.556. The van der Waals surface area contributed by atoms with Gasteiger partial charge in [-0.15, -0.1) is 11.3 Å². The molecular formula is C23H19NOS. The van der Waals surface area contributed by atoms with Crippen molar-refractivity contribution in [1.29, 1.82) is 5.26 Å². The molecule has 2 unspecified atom stereocenters. The number of thiophene rings is 1. The van der Waals surface area contributed by atoms with Crippen molar-refractivity contribution in [2.45, 2.75) is 25.4 Å². The number of hydrogen-bond acceptors (Lipinski definition) is 3. The van der Waals surface area contributed by atoms with E-state index >= 15 is 0 Å². The zero-order valence-corrected chi connectivity index (χ0v) is 15.6. The van der Waals surface area contributed by atoms with Crippen molar-refractivity contribution in [3.63, 3.8) is 0 Å². The number of benzene rings is 2. The molecule has 2 atom stereocenters. The minimum atomic E-state index is -0.596. The van der Waals surface area contributed by atoms with Crippen molar-refractivity contribution >= 4 is 17.1 Å². The lowest BCUT2D eigenvalue weighted by atomic mass is 9.79. The van der Waals surface area contributed by atoms with Crippen LogP contribution in [0.3, 0.4) is 0 Å². The predicted molar refractivity (Wildman–Crippen MR) is 106 cm³/mol. The molecule has 4 rings (SSSR count). The summed E-state index contributed by atoms with van der Waals surface area (Å²) in [5.41, 5.74) is 3.33. The third-order valence-corrected chi connectivity index (χ3v) is 6.06. The van der Waals surface area contributed by atoms with Crippen molar-refractivity contribution in [2.24, 2.45) is 0 Å². The highest BCUT2D eigenvalue weighted by Gasteiger charge is 2.49. The van der Waals surface area contributed by atoms with E-state index in [1.54, 1.807) is 11.3 Å². The molecule has 0 aliphatic carbocycles. The maximum absolute atomic E-state index is 10.0. The molecule has 3 aromatic rings. The molecule has 0 saturated carbocycles. The van der Waals surface area contributed by atoms with E-state index in [1.165, 1.54) is 5.56 Å². The Hall–Kier alpha value is -2.83. The van der Waals surface area contributed by atoms with Gasteiger partial charge < -0.3 is 4.74 Å². The number of nitrogens with zero attached hydrogens (tertiary/aromatic N) is 1. The Labute approximate surface area is 158 Å². The van der Waals surface area contributed by atoms with Gasteiger partial charge in [-0.2, -0.15) is 5.26 Å². The van der Waals surface area contributed by atoms with E-state index in [-0.39, 0.29) is 5.92 Å². The van der Waals surface area contributed by atoms with Crippen LogP contribution in [0.15, 0.2) is 77.7 Å². The third-order valence-electron chi connectivity index (χ3n) is 4.98. The molecule has 2 aromatic carbocycles. The fourth-order valence-electron chi connectivity index (χ4n) is 3.65. The second kappa shape index (κ2) is 6.48. The van der Waals surface area contributed by atoms with Gasteiger partial charge in [0.2, 0.25) is 0 Å². The van der Waals surface area contributed by atoms with E-state index in [2.05, 4.69) is 55.6 Å². The molecule has 0 N–H and O–H groups in total. The fraction of sp³-hybridized carbons (Fsp3) is 0.174. The van der Waals surface area contributed by atoms with Crippen LogP contribution in [-0.4, -0.2) is 0 Å². The van der Waals surface area contributed by atoms with Crippen LogP contribution < -0.4 is 0 Å². The fourth-order valence-corrected chi connectivity index (χ4v) is 4.51. The summed E-state index contributed by atoms with van der Waals surface area (Å²) in [4.78, 5) is 1.13. The van der Waals surface area contributed by atoms with E-state index in [0.717, 1.165) is 16.0 Å². The van der Waals surface area contributed by atoms with Crippen LogP contribution in [0.1, 0.15) is 34.4 Å². The molecule has 0 amide bonds. The molecule has 0 spiro atoms. The van der Waals surface area contributed by atoms with Crippen LogP contribution in [0, 0.1) is 18.3 Å². The lowest BCUT2D eigenvalue weighted by molar-refractivity contribution is 0.0647. The third kappa shape index (κ3) is 2.64. The lowest BCUT2D eigenvalue weighted by Gasteiger charge is -2.31. The Kier molecular flexibility index (Phi) is 4.14. The molecule has 2 nitrogen and oxygen atoms in total. The Balaban J connectivity index is 1.92. The first-order valence-electron chi connectivity index (χ1n) is 8.63. The van der Waals surface area contributed by atoms with E-state index in [1.807, 2.05) is 36.4 Å². The predicted octanol–water partition coefficient (Wildman–Crippen LogP) is 6.02. The number of rotatable bonds is 3. The Morgan fingerprint density at radius 3 is 2.35 bits per heavy atom. The molecule has 1 aliphatic rings. The Morgan fingerprint density at radius 1 is 1.00 bits per heavy atom. The van der Waals surface area contributed by atoms with Gasteiger partial charge in [-0.25, -0.2) is 0 Å². The van der Waals surface area contributed by atoms with Crippen molar-refractivity contribution in [2.75, 3.05) is 0 Å². The SMILES string of the molecule is Cc1ccc(C2=C(C#N)C(c3ccccc3)C(C)(c3cccs3)O2)cc1. The van der Waals surface area contributed by atoms with Crippen LogP contribution in [0.2, 0.25) is 0 Å². The quantitative estimate of drug-likeness (QED) is 0.574.